The first-order valence-corrected chi connectivity index (χ1v) is 8.11. The van der Waals surface area contributed by atoms with Gasteiger partial charge in [0.15, 0.2) is 5.60 Å². The van der Waals surface area contributed by atoms with E-state index < -0.39 is 41.8 Å². The van der Waals surface area contributed by atoms with Crippen LogP contribution in [0.1, 0.15) is 65.2 Å². The van der Waals surface area contributed by atoms with Gasteiger partial charge in [0.2, 0.25) is 0 Å². The minimum Gasteiger partial charge on any atom is -0.481 e. The number of carbonyl (C=O) groups excluding carboxylic acids is 2. The lowest BCUT2D eigenvalue weighted by atomic mass is 9.81. The molecule has 0 aliphatic carbocycles. The number of aliphatic carboxylic acids is 2. The number of rotatable bonds is 12. The van der Waals surface area contributed by atoms with Gasteiger partial charge < -0.3 is 20.1 Å². The van der Waals surface area contributed by atoms with Crippen molar-refractivity contribution in [2.45, 2.75) is 70.8 Å². The molecule has 0 bridgehead atoms. The third-order valence-corrected chi connectivity index (χ3v) is 3.67. The predicted octanol–water partition coefficient (Wildman–Crippen LogP) is 1.73. The third-order valence-electron chi connectivity index (χ3n) is 3.67. The first kappa shape index (κ1) is 22.0. The summed E-state index contributed by atoms with van der Waals surface area (Å²) in [5.74, 6) is -7.04. The normalized spacial score (nSPS) is 14.5. The fraction of sp³-hybridized carbons (Fsp3) is 0.750. The Labute approximate surface area is 140 Å². The van der Waals surface area contributed by atoms with E-state index in [1.807, 2.05) is 6.92 Å². The topological polar surface area (TPSA) is 138 Å². The summed E-state index contributed by atoms with van der Waals surface area (Å²) in [5, 5.41) is 28.4. The zero-order valence-electron chi connectivity index (χ0n) is 14.1. The minimum atomic E-state index is -2.82. The lowest BCUT2D eigenvalue weighted by Crippen LogP contribution is -2.51. The molecule has 0 heterocycles. The molecule has 0 saturated carbocycles. The first-order chi connectivity index (χ1) is 11.2. The van der Waals surface area contributed by atoms with Gasteiger partial charge in [-0.2, -0.15) is 0 Å². The van der Waals surface area contributed by atoms with Gasteiger partial charge in [0, 0.05) is 6.42 Å². The van der Waals surface area contributed by atoms with E-state index in [2.05, 4.69) is 4.74 Å². The van der Waals surface area contributed by atoms with Crippen molar-refractivity contribution in [1.82, 2.24) is 0 Å². The van der Waals surface area contributed by atoms with E-state index in [1.54, 1.807) is 6.92 Å². The van der Waals surface area contributed by atoms with E-state index >= 15 is 0 Å². The molecule has 0 aromatic heterocycles. The van der Waals surface area contributed by atoms with Gasteiger partial charge >= 0.3 is 23.9 Å². The van der Waals surface area contributed by atoms with Gasteiger partial charge in [-0.05, 0) is 12.8 Å². The van der Waals surface area contributed by atoms with E-state index in [-0.39, 0.29) is 12.8 Å². The summed E-state index contributed by atoms with van der Waals surface area (Å²) in [6, 6.07) is 0. The third kappa shape index (κ3) is 7.08. The quantitative estimate of drug-likeness (QED) is 0.276. The highest BCUT2D eigenvalue weighted by Gasteiger charge is 2.50. The lowest BCUT2D eigenvalue weighted by molar-refractivity contribution is -0.184. The molecular formula is C16H26O8. The zero-order chi connectivity index (χ0) is 18.8. The monoisotopic (exact) mass is 346 g/mol. The lowest BCUT2D eigenvalue weighted by Gasteiger charge is -2.29. The van der Waals surface area contributed by atoms with Crippen molar-refractivity contribution in [2.75, 3.05) is 0 Å². The Morgan fingerprint density at radius 2 is 1.62 bits per heavy atom. The van der Waals surface area contributed by atoms with Crippen molar-refractivity contribution in [1.29, 1.82) is 0 Å². The molecule has 0 aliphatic heterocycles. The van der Waals surface area contributed by atoms with Crippen LogP contribution in [0.25, 0.3) is 0 Å². The standard InChI is InChI=1S/C16H26O8/c1-3-5-6-7-9-11(14(20)24-13(19)8-4-2)16(23,15(21)22)10-12(17)18/h11,23H,3-10H2,1-2H3,(H,17,18)(H,21,22). The molecule has 0 fully saturated rings. The highest BCUT2D eigenvalue weighted by Crippen LogP contribution is 2.29. The number of unbranched alkanes of at least 4 members (excludes halogenated alkanes) is 3. The van der Waals surface area contributed by atoms with Crippen molar-refractivity contribution < 1.29 is 39.2 Å². The molecule has 0 spiro atoms. The van der Waals surface area contributed by atoms with Crippen LogP contribution in [0.4, 0.5) is 0 Å². The van der Waals surface area contributed by atoms with Crippen molar-refractivity contribution >= 4 is 23.9 Å². The summed E-state index contributed by atoms with van der Waals surface area (Å²) in [6.45, 7) is 3.67. The molecule has 0 rings (SSSR count). The number of ether oxygens (including phenoxy) is 1. The highest BCUT2D eigenvalue weighted by molar-refractivity contribution is 5.93. The Balaban J connectivity index is 5.32. The molecule has 0 aliphatic rings. The summed E-state index contributed by atoms with van der Waals surface area (Å²) in [4.78, 5) is 45.9. The van der Waals surface area contributed by atoms with Crippen molar-refractivity contribution in [3.63, 3.8) is 0 Å². The minimum absolute atomic E-state index is 0.0290. The van der Waals surface area contributed by atoms with Crippen LogP contribution in [0.15, 0.2) is 0 Å². The highest BCUT2D eigenvalue weighted by atomic mass is 16.6. The summed E-state index contributed by atoms with van der Waals surface area (Å²) >= 11 is 0. The molecule has 2 unspecified atom stereocenters. The average Bonchev–Trinajstić information content (AvgIpc) is 2.46. The fourth-order valence-corrected chi connectivity index (χ4v) is 2.34. The molecule has 0 aromatic carbocycles. The molecule has 138 valence electrons. The molecule has 3 N–H and O–H groups in total. The van der Waals surface area contributed by atoms with Gasteiger partial charge in [-0.25, -0.2) is 4.79 Å². The summed E-state index contributed by atoms with van der Waals surface area (Å²) < 4.78 is 4.59. The number of carboxylic acids is 2. The number of aliphatic hydroxyl groups is 1. The molecule has 24 heavy (non-hydrogen) atoms. The van der Waals surface area contributed by atoms with Crippen LogP contribution >= 0.6 is 0 Å². The van der Waals surface area contributed by atoms with Gasteiger partial charge in [0.25, 0.3) is 0 Å². The van der Waals surface area contributed by atoms with E-state index in [4.69, 9.17) is 5.11 Å². The average molecular weight is 346 g/mol. The summed E-state index contributed by atoms with van der Waals surface area (Å²) in [6.07, 6.45) is 2.02. The number of carbonyl (C=O) groups is 4. The van der Waals surface area contributed by atoms with Gasteiger partial charge in [-0.3, -0.25) is 14.4 Å². The van der Waals surface area contributed by atoms with E-state index in [9.17, 15) is 29.4 Å². The number of carboxylic acid groups (broad SMARTS) is 2. The predicted molar refractivity (Wildman–Crippen MR) is 83.1 cm³/mol. The van der Waals surface area contributed by atoms with Gasteiger partial charge in [-0.15, -0.1) is 0 Å². The second-order valence-corrected chi connectivity index (χ2v) is 5.74. The smallest absolute Gasteiger partial charge is 0.337 e. The van der Waals surface area contributed by atoms with Crippen molar-refractivity contribution in [3.8, 4) is 0 Å². The van der Waals surface area contributed by atoms with E-state index in [0.717, 1.165) is 12.8 Å². The fourth-order valence-electron chi connectivity index (χ4n) is 2.34. The van der Waals surface area contributed by atoms with Crippen LogP contribution in [-0.2, 0) is 23.9 Å². The Hall–Kier alpha value is -1.96. The molecule has 0 saturated heterocycles. The van der Waals surface area contributed by atoms with Gasteiger partial charge in [0.05, 0.1) is 12.3 Å². The summed E-state index contributed by atoms with van der Waals surface area (Å²) in [7, 11) is 0. The van der Waals surface area contributed by atoms with Crippen LogP contribution < -0.4 is 0 Å². The van der Waals surface area contributed by atoms with Crippen LogP contribution in [0.2, 0.25) is 0 Å². The maximum absolute atomic E-state index is 12.2. The molecule has 8 nitrogen and oxygen atoms in total. The summed E-state index contributed by atoms with van der Waals surface area (Å²) in [5.41, 5.74) is -2.82. The van der Waals surface area contributed by atoms with Crippen LogP contribution in [0, 0.1) is 5.92 Å². The van der Waals surface area contributed by atoms with Crippen molar-refractivity contribution in [2.24, 2.45) is 5.92 Å². The maximum Gasteiger partial charge on any atom is 0.337 e. The van der Waals surface area contributed by atoms with Crippen LogP contribution in [0.5, 0.6) is 0 Å². The SMILES string of the molecule is CCCCCCC(C(=O)OC(=O)CCC)C(O)(CC(=O)O)C(=O)O. The van der Waals surface area contributed by atoms with Gasteiger partial charge in [-0.1, -0.05) is 39.5 Å². The molecule has 2 atom stereocenters. The van der Waals surface area contributed by atoms with E-state index in [0.29, 0.717) is 19.3 Å². The second-order valence-electron chi connectivity index (χ2n) is 5.74. The molecule has 0 amide bonds. The Morgan fingerprint density at radius 3 is 2.08 bits per heavy atom. The number of esters is 2. The zero-order valence-corrected chi connectivity index (χ0v) is 14.1. The molecule has 0 aromatic rings. The van der Waals surface area contributed by atoms with Crippen LogP contribution in [-0.4, -0.2) is 44.8 Å². The largest absolute Gasteiger partial charge is 0.481 e. The number of hydrogen-bond donors (Lipinski definition) is 3. The molecular weight excluding hydrogens is 320 g/mol. The van der Waals surface area contributed by atoms with E-state index in [1.165, 1.54) is 0 Å². The number of hydrogen-bond acceptors (Lipinski definition) is 6. The van der Waals surface area contributed by atoms with Crippen LogP contribution in [0.3, 0.4) is 0 Å². The maximum atomic E-state index is 12.2. The Kier molecular flexibility index (Phi) is 9.87. The second kappa shape index (κ2) is 10.7. The van der Waals surface area contributed by atoms with Gasteiger partial charge in [0.1, 0.15) is 0 Å². The van der Waals surface area contributed by atoms with Crippen molar-refractivity contribution in [3.05, 3.63) is 0 Å². The first-order valence-electron chi connectivity index (χ1n) is 8.11. The molecule has 8 heteroatoms. The Morgan fingerprint density at radius 1 is 1.00 bits per heavy atom. The molecule has 0 radical (unpaired) electrons. The Bertz CT molecular complexity index is 459.